The molecule has 0 amide bonds. The summed E-state index contributed by atoms with van der Waals surface area (Å²) in [5.41, 5.74) is 4.56. The van der Waals surface area contributed by atoms with Gasteiger partial charge in [-0.25, -0.2) is 4.98 Å². The molecule has 0 spiro atoms. The highest BCUT2D eigenvalue weighted by Gasteiger charge is 2.47. The van der Waals surface area contributed by atoms with Crippen LogP contribution in [0.4, 0.5) is 5.95 Å². The first kappa shape index (κ1) is 18.4. The van der Waals surface area contributed by atoms with Crippen LogP contribution in [0.3, 0.4) is 0 Å². The van der Waals surface area contributed by atoms with Crippen molar-refractivity contribution in [2.24, 2.45) is 0 Å². The molecule has 5 N–H and O–H groups in total. The SMILES string of the molecule is Nc1nc2c(nc(Br)n2[C@@H]2O[C@H](CO)[C@@H](O)[C@H]2OP(=O)([O-])[O-])c(=O)[nH]1. The van der Waals surface area contributed by atoms with Crippen LogP contribution in [0.25, 0.3) is 11.2 Å². The zero-order valence-corrected chi connectivity index (χ0v) is 14.6. The molecule has 1 fully saturated rings. The van der Waals surface area contributed by atoms with Gasteiger partial charge in [0.05, 0.1) is 14.4 Å². The van der Waals surface area contributed by atoms with Crippen LogP contribution in [0, 0.1) is 0 Å². The average molecular weight is 440 g/mol. The van der Waals surface area contributed by atoms with Crippen molar-refractivity contribution < 1.29 is 33.8 Å². The topological polar surface area (TPSA) is 212 Å². The van der Waals surface area contributed by atoms with E-state index in [0.29, 0.717) is 0 Å². The molecule has 4 atom stereocenters. The van der Waals surface area contributed by atoms with E-state index in [1.165, 1.54) is 0 Å². The maximum atomic E-state index is 11.9. The number of hydrogen-bond donors (Lipinski definition) is 4. The molecule has 0 aliphatic carbocycles. The maximum Gasteiger partial charge on any atom is 0.280 e. The minimum atomic E-state index is -5.51. The summed E-state index contributed by atoms with van der Waals surface area (Å²) in [5, 5.41) is 19.3. The van der Waals surface area contributed by atoms with Crippen molar-refractivity contribution >= 4 is 40.9 Å². The molecule has 2 aromatic rings. The zero-order valence-electron chi connectivity index (χ0n) is 12.1. The number of aromatic amines is 1. The molecule has 3 rings (SSSR count). The largest absolute Gasteiger partial charge is 0.790 e. The van der Waals surface area contributed by atoms with E-state index >= 15 is 0 Å². The van der Waals surface area contributed by atoms with E-state index in [2.05, 4.69) is 35.4 Å². The Labute approximate surface area is 146 Å². The highest BCUT2D eigenvalue weighted by atomic mass is 79.9. The number of aliphatic hydroxyl groups excluding tert-OH is 2. The van der Waals surface area contributed by atoms with Crippen LogP contribution in [0.5, 0.6) is 0 Å². The molecule has 1 aliphatic rings. The first-order valence-corrected chi connectivity index (χ1v) is 8.96. The van der Waals surface area contributed by atoms with Crippen molar-refractivity contribution in [3.05, 3.63) is 15.1 Å². The van der Waals surface area contributed by atoms with Gasteiger partial charge in [0.25, 0.3) is 5.56 Å². The van der Waals surface area contributed by atoms with Gasteiger partial charge in [-0.15, -0.1) is 0 Å². The monoisotopic (exact) mass is 439 g/mol. The summed E-state index contributed by atoms with van der Waals surface area (Å²) in [4.78, 5) is 43.9. The summed E-state index contributed by atoms with van der Waals surface area (Å²) < 4.78 is 21.8. The first-order chi connectivity index (χ1) is 11.6. The number of nitrogen functional groups attached to an aromatic ring is 1. The standard InChI is InChI=1S/C10H13BrN5O8P/c11-9-13-3-6(14-10(12)15-7(3)19)16(9)8-5(24-25(20,21)22)4(18)2(1-17)23-8/h2,4-5,8,17-18H,1H2,(H2,20,21,22)(H3,12,14,15,19)/p-2/t2-,4-,5-,8-/m1/s1. The van der Waals surface area contributed by atoms with Crippen molar-refractivity contribution in [2.45, 2.75) is 24.5 Å². The van der Waals surface area contributed by atoms with Gasteiger partial charge in [-0.2, -0.15) is 4.98 Å². The Morgan fingerprint density at radius 2 is 2.16 bits per heavy atom. The summed E-state index contributed by atoms with van der Waals surface area (Å²) in [6.45, 7) is -0.681. The molecular weight excluding hydrogens is 429 g/mol. The normalized spacial score (nSPS) is 27.2. The van der Waals surface area contributed by atoms with Crippen molar-refractivity contribution in [3.63, 3.8) is 0 Å². The predicted octanol–water partition coefficient (Wildman–Crippen LogP) is -3.07. The van der Waals surface area contributed by atoms with E-state index < -0.39 is 44.5 Å². The fraction of sp³-hybridized carbons (Fsp3) is 0.500. The molecule has 13 nitrogen and oxygen atoms in total. The molecule has 25 heavy (non-hydrogen) atoms. The number of aromatic nitrogens is 4. The lowest BCUT2D eigenvalue weighted by atomic mass is 10.1. The number of hydrogen-bond acceptors (Lipinski definition) is 11. The molecule has 15 heteroatoms. The summed E-state index contributed by atoms with van der Waals surface area (Å²) in [6, 6.07) is 0. The second-order valence-electron chi connectivity index (χ2n) is 5.13. The number of ether oxygens (including phenoxy) is 1. The number of imidazole rings is 1. The maximum absolute atomic E-state index is 11.9. The van der Waals surface area contributed by atoms with Gasteiger partial charge in [-0.1, -0.05) is 0 Å². The van der Waals surface area contributed by atoms with Gasteiger partial charge in [-0.05, 0) is 15.9 Å². The fourth-order valence-electron chi connectivity index (χ4n) is 2.54. The number of phosphoric acid groups is 1. The summed E-state index contributed by atoms with van der Waals surface area (Å²) in [7, 11) is -5.51. The number of phosphoric ester groups is 1. The number of nitrogens with two attached hydrogens (primary N) is 1. The summed E-state index contributed by atoms with van der Waals surface area (Å²) >= 11 is 3.06. The van der Waals surface area contributed by atoms with Crippen LogP contribution < -0.4 is 21.1 Å². The molecular formula is C10H11BrN5O8P-2. The third-order valence-electron chi connectivity index (χ3n) is 3.52. The Morgan fingerprint density at radius 1 is 1.48 bits per heavy atom. The lowest BCUT2D eigenvalue weighted by molar-refractivity contribution is -0.347. The molecule has 3 heterocycles. The second kappa shape index (κ2) is 6.41. The van der Waals surface area contributed by atoms with Gasteiger partial charge in [0, 0.05) is 0 Å². The number of nitrogens with one attached hydrogen (secondary N) is 1. The smallest absolute Gasteiger partial charge is 0.280 e. The average Bonchev–Trinajstić information content (AvgIpc) is 2.96. The molecule has 1 saturated heterocycles. The highest BCUT2D eigenvalue weighted by molar-refractivity contribution is 9.10. The van der Waals surface area contributed by atoms with E-state index in [9.17, 15) is 29.4 Å². The van der Waals surface area contributed by atoms with Crippen molar-refractivity contribution in [1.82, 2.24) is 19.5 Å². The van der Waals surface area contributed by atoms with Crippen LogP contribution in [-0.2, 0) is 13.8 Å². The van der Waals surface area contributed by atoms with E-state index in [0.717, 1.165) is 4.57 Å². The zero-order chi connectivity index (χ0) is 18.5. The molecule has 0 aromatic carbocycles. The van der Waals surface area contributed by atoms with Crippen molar-refractivity contribution in [3.8, 4) is 0 Å². The van der Waals surface area contributed by atoms with Gasteiger partial charge < -0.3 is 39.6 Å². The Kier molecular flexibility index (Phi) is 4.72. The van der Waals surface area contributed by atoms with Crippen LogP contribution >= 0.6 is 23.8 Å². The minimum absolute atomic E-state index is 0.0258. The quantitative estimate of drug-likeness (QED) is 0.277. The Balaban J connectivity index is 2.16. The van der Waals surface area contributed by atoms with Gasteiger partial charge in [0.2, 0.25) is 5.95 Å². The highest BCUT2D eigenvalue weighted by Crippen LogP contribution is 2.41. The minimum Gasteiger partial charge on any atom is -0.790 e. The lowest BCUT2D eigenvalue weighted by Crippen LogP contribution is -2.37. The second-order valence-corrected chi connectivity index (χ2v) is 6.94. The Hall–Kier alpha value is -1.38. The molecule has 138 valence electrons. The van der Waals surface area contributed by atoms with Crippen LogP contribution in [0.1, 0.15) is 6.23 Å². The van der Waals surface area contributed by atoms with Crippen LogP contribution in [0.2, 0.25) is 0 Å². The predicted molar refractivity (Wildman–Crippen MR) is 79.7 cm³/mol. The number of fused-ring (bicyclic) bond motifs is 1. The molecule has 0 unspecified atom stereocenters. The van der Waals surface area contributed by atoms with Gasteiger partial charge in [-0.3, -0.25) is 14.3 Å². The number of anilines is 1. The van der Waals surface area contributed by atoms with E-state index in [1.807, 2.05) is 0 Å². The van der Waals surface area contributed by atoms with E-state index in [4.69, 9.17) is 10.5 Å². The number of halogens is 1. The Bertz CT molecular complexity index is 911. The van der Waals surface area contributed by atoms with Crippen LogP contribution in [-0.4, -0.2) is 54.7 Å². The number of H-pyrrole nitrogens is 1. The molecule has 1 aliphatic heterocycles. The van der Waals surface area contributed by atoms with Gasteiger partial charge >= 0.3 is 0 Å². The number of rotatable bonds is 4. The number of aliphatic hydroxyl groups is 2. The molecule has 0 radical (unpaired) electrons. The summed E-state index contributed by atoms with van der Waals surface area (Å²) in [5.74, 6) is -0.251. The third-order valence-corrected chi connectivity index (χ3v) is 4.58. The molecule has 2 aromatic heterocycles. The first-order valence-electron chi connectivity index (χ1n) is 6.70. The van der Waals surface area contributed by atoms with E-state index in [1.54, 1.807) is 0 Å². The van der Waals surface area contributed by atoms with Gasteiger partial charge in [0.15, 0.2) is 22.1 Å². The van der Waals surface area contributed by atoms with Crippen LogP contribution in [0.15, 0.2) is 9.53 Å². The molecule has 0 bridgehead atoms. The van der Waals surface area contributed by atoms with Crippen molar-refractivity contribution in [1.29, 1.82) is 0 Å². The molecule has 0 saturated carbocycles. The van der Waals surface area contributed by atoms with Crippen molar-refractivity contribution in [2.75, 3.05) is 12.3 Å². The fourth-order valence-corrected chi connectivity index (χ4v) is 3.61. The third kappa shape index (κ3) is 3.35. The van der Waals surface area contributed by atoms with Gasteiger partial charge in [0.1, 0.15) is 18.3 Å². The number of nitrogens with zero attached hydrogens (tertiary/aromatic N) is 3. The van der Waals surface area contributed by atoms with E-state index in [-0.39, 0.29) is 21.8 Å². The summed E-state index contributed by atoms with van der Waals surface area (Å²) in [6.07, 6.45) is -6.02. The lowest BCUT2D eigenvalue weighted by Gasteiger charge is -2.34. The Morgan fingerprint density at radius 3 is 2.76 bits per heavy atom.